The van der Waals surface area contributed by atoms with Gasteiger partial charge in [-0.2, -0.15) is 0 Å². The van der Waals surface area contributed by atoms with Crippen LogP contribution in [0.3, 0.4) is 0 Å². The summed E-state index contributed by atoms with van der Waals surface area (Å²) in [4.78, 5) is 34.9. The van der Waals surface area contributed by atoms with Crippen molar-refractivity contribution in [3.8, 4) is 0 Å². The predicted molar refractivity (Wildman–Crippen MR) is 157 cm³/mol. The molecule has 0 aliphatic heterocycles. The molecule has 43 heavy (non-hydrogen) atoms. The Morgan fingerprint density at radius 3 is 1.53 bits per heavy atom. The van der Waals surface area contributed by atoms with E-state index in [9.17, 15) is 44.6 Å². The van der Waals surface area contributed by atoms with Gasteiger partial charge in [0.25, 0.3) is 0 Å². The first-order valence-electron chi connectivity index (χ1n) is 15.8. The van der Waals surface area contributed by atoms with Crippen molar-refractivity contribution < 1.29 is 63.1 Å². The van der Waals surface area contributed by atoms with Gasteiger partial charge < -0.3 is 39.9 Å². The summed E-state index contributed by atoms with van der Waals surface area (Å²) >= 11 is 0. The molecule has 0 spiro atoms. The molecule has 0 bridgehead atoms. The highest BCUT2D eigenvalue weighted by Crippen LogP contribution is 2.47. The van der Waals surface area contributed by atoms with Crippen LogP contribution in [-0.2, 0) is 32.7 Å². The molecule has 1 fully saturated rings. The molecule has 1 saturated carbocycles. The number of aliphatic hydroxyl groups excluding tert-OH is 5. The van der Waals surface area contributed by atoms with E-state index in [1.165, 1.54) is 19.3 Å². The number of unbranched alkanes of at least 4 members (excludes halogenated alkanes) is 12. The lowest BCUT2D eigenvalue weighted by molar-refractivity contribution is -0.220. The third-order valence-electron chi connectivity index (χ3n) is 7.45. The minimum Gasteiger partial charge on any atom is -0.462 e. The molecule has 0 aromatic rings. The van der Waals surface area contributed by atoms with E-state index in [4.69, 9.17) is 18.5 Å². The van der Waals surface area contributed by atoms with Crippen LogP contribution in [0.2, 0.25) is 0 Å². The first kappa shape index (κ1) is 39.9. The van der Waals surface area contributed by atoms with Gasteiger partial charge in [0.2, 0.25) is 0 Å². The highest BCUT2D eigenvalue weighted by atomic mass is 31.2. The Bertz CT molecular complexity index is 797. The number of hydrogen-bond donors (Lipinski definition) is 6. The summed E-state index contributed by atoms with van der Waals surface area (Å²) in [7, 11) is -5.08. The van der Waals surface area contributed by atoms with Crippen molar-refractivity contribution in [3.05, 3.63) is 0 Å². The number of hydrogen-bond acceptors (Lipinski definition) is 12. The maximum Gasteiger partial charge on any atom is 0.472 e. The number of phosphoric acid groups is 1. The molecule has 0 radical (unpaired) electrons. The molecule has 0 heterocycles. The topological polar surface area (TPSA) is 210 Å². The van der Waals surface area contributed by atoms with Gasteiger partial charge in [0.05, 0.1) is 6.61 Å². The number of esters is 2. The zero-order valence-corrected chi connectivity index (χ0v) is 26.7. The van der Waals surface area contributed by atoms with Crippen LogP contribution in [-0.4, -0.2) is 98.3 Å². The second-order valence-corrected chi connectivity index (χ2v) is 12.7. The molecule has 254 valence electrons. The smallest absolute Gasteiger partial charge is 0.462 e. The van der Waals surface area contributed by atoms with Crippen molar-refractivity contribution in [1.29, 1.82) is 0 Å². The number of phosphoric ester groups is 1. The normalized spacial score (nSPS) is 26.0. The van der Waals surface area contributed by atoms with Gasteiger partial charge in [-0.1, -0.05) is 90.9 Å². The summed E-state index contributed by atoms with van der Waals surface area (Å²) in [5.74, 6) is -1.11. The van der Waals surface area contributed by atoms with Crippen LogP contribution in [0, 0.1) is 0 Å². The van der Waals surface area contributed by atoms with Crippen LogP contribution in [0.4, 0.5) is 0 Å². The molecular formula is C29H55O13P. The molecule has 0 saturated heterocycles. The van der Waals surface area contributed by atoms with Gasteiger partial charge in [-0.05, 0) is 12.8 Å². The van der Waals surface area contributed by atoms with Gasteiger partial charge in [0, 0.05) is 12.8 Å². The third-order valence-corrected chi connectivity index (χ3v) is 8.43. The van der Waals surface area contributed by atoms with Gasteiger partial charge in [0.15, 0.2) is 6.10 Å². The molecule has 1 aliphatic rings. The molecule has 6 N–H and O–H groups in total. The average molecular weight is 643 g/mol. The first-order chi connectivity index (χ1) is 20.4. The van der Waals surface area contributed by atoms with Crippen LogP contribution in [0.1, 0.15) is 117 Å². The molecule has 0 aromatic heterocycles. The zero-order chi connectivity index (χ0) is 32.3. The largest absolute Gasteiger partial charge is 0.472 e. The minimum absolute atomic E-state index is 0.100. The minimum atomic E-state index is -5.08. The van der Waals surface area contributed by atoms with Crippen molar-refractivity contribution in [1.82, 2.24) is 0 Å². The number of aliphatic hydroxyl groups is 5. The van der Waals surface area contributed by atoms with E-state index >= 15 is 0 Å². The van der Waals surface area contributed by atoms with Crippen molar-refractivity contribution >= 4 is 19.8 Å². The predicted octanol–water partition coefficient (Wildman–Crippen LogP) is 3.04. The quantitative estimate of drug-likeness (QED) is 0.0509. The molecule has 13 nitrogen and oxygen atoms in total. The van der Waals surface area contributed by atoms with E-state index in [0.717, 1.165) is 57.8 Å². The van der Waals surface area contributed by atoms with Crippen molar-refractivity contribution in [2.24, 2.45) is 0 Å². The second kappa shape index (κ2) is 22.4. The Labute approximate surface area is 255 Å². The van der Waals surface area contributed by atoms with E-state index in [1.54, 1.807) is 0 Å². The number of carbonyl (C=O) groups excluding carboxylic acids is 2. The lowest BCUT2D eigenvalue weighted by atomic mass is 9.85. The Balaban J connectivity index is 2.65. The van der Waals surface area contributed by atoms with Gasteiger partial charge in [-0.3, -0.25) is 18.6 Å². The maximum atomic E-state index is 12.6. The highest BCUT2D eigenvalue weighted by molar-refractivity contribution is 7.47. The zero-order valence-electron chi connectivity index (χ0n) is 25.8. The van der Waals surface area contributed by atoms with Crippen molar-refractivity contribution in [2.45, 2.75) is 159 Å². The summed E-state index contributed by atoms with van der Waals surface area (Å²) in [6.45, 7) is 3.11. The maximum absolute atomic E-state index is 12.6. The van der Waals surface area contributed by atoms with E-state index in [1.807, 2.05) is 0 Å². The van der Waals surface area contributed by atoms with Crippen LogP contribution >= 0.6 is 7.82 Å². The van der Waals surface area contributed by atoms with Crippen molar-refractivity contribution in [3.63, 3.8) is 0 Å². The van der Waals surface area contributed by atoms with E-state index in [2.05, 4.69) is 13.8 Å². The van der Waals surface area contributed by atoms with E-state index in [0.29, 0.717) is 12.8 Å². The van der Waals surface area contributed by atoms with Crippen LogP contribution < -0.4 is 0 Å². The molecule has 6 unspecified atom stereocenters. The number of ether oxygens (including phenoxy) is 2. The summed E-state index contributed by atoms with van der Waals surface area (Å²) < 4.78 is 32.9. The lowest BCUT2D eigenvalue weighted by Crippen LogP contribution is -2.64. The molecule has 1 aliphatic carbocycles. The summed E-state index contributed by atoms with van der Waals surface area (Å²) in [6, 6.07) is 0. The number of rotatable bonds is 24. The highest BCUT2D eigenvalue weighted by Gasteiger charge is 2.51. The fourth-order valence-electron chi connectivity index (χ4n) is 4.75. The van der Waals surface area contributed by atoms with Gasteiger partial charge in [-0.15, -0.1) is 0 Å². The second-order valence-electron chi connectivity index (χ2n) is 11.3. The summed E-state index contributed by atoms with van der Waals surface area (Å²) in [6.07, 6.45) is 1.22. The van der Waals surface area contributed by atoms with Crippen LogP contribution in [0.5, 0.6) is 0 Å². The fraction of sp³-hybridized carbons (Fsp3) is 0.931. The first-order valence-corrected chi connectivity index (χ1v) is 17.3. The Hall–Kier alpha value is -1.15. The Morgan fingerprint density at radius 2 is 1.05 bits per heavy atom. The van der Waals surface area contributed by atoms with E-state index in [-0.39, 0.29) is 12.8 Å². The molecule has 0 aromatic carbocycles. The SMILES string of the molecule is CCCCCCCCCCC(=O)OC(COC(=O)CCCCCCCC)COP(=O)(O)OC1C(O)C(O)C(O)C(O)C1O. The number of carbonyl (C=O) groups is 2. The summed E-state index contributed by atoms with van der Waals surface area (Å²) in [5.41, 5.74) is 0. The lowest BCUT2D eigenvalue weighted by Gasteiger charge is -2.41. The molecule has 0 amide bonds. The van der Waals surface area contributed by atoms with E-state index < -0.39 is 75.7 Å². The van der Waals surface area contributed by atoms with Crippen LogP contribution in [0.15, 0.2) is 0 Å². The summed E-state index contributed by atoms with van der Waals surface area (Å²) in [5, 5.41) is 49.5. The monoisotopic (exact) mass is 642 g/mol. The Morgan fingerprint density at radius 1 is 0.628 bits per heavy atom. The van der Waals surface area contributed by atoms with Gasteiger partial charge >= 0.3 is 19.8 Å². The van der Waals surface area contributed by atoms with Gasteiger partial charge in [0.1, 0.15) is 43.2 Å². The molecule has 1 rings (SSSR count). The fourth-order valence-corrected chi connectivity index (χ4v) is 5.73. The third kappa shape index (κ3) is 16.7. The molecule has 6 atom stereocenters. The average Bonchev–Trinajstić information content (AvgIpc) is 2.97. The molecular weight excluding hydrogens is 587 g/mol. The standard InChI is InChI=1S/C29H55O13P/c1-3-5-7-9-11-12-14-16-18-23(31)41-21(19-39-22(30)17-15-13-10-8-6-4-2)20-40-43(37,38)42-29-27(35)25(33)24(32)26(34)28(29)36/h21,24-29,32-36H,3-20H2,1-2H3,(H,37,38). The van der Waals surface area contributed by atoms with Gasteiger partial charge in [-0.25, -0.2) is 4.57 Å². The van der Waals surface area contributed by atoms with Crippen LogP contribution in [0.25, 0.3) is 0 Å². The Kier molecular flexibility index (Phi) is 20.7. The van der Waals surface area contributed by atoms with Crippen molar-refractivity contribution in [2.75, 3.05) is 13.2 Å². The molecule has 14 heteroatoms.